The van der Waals surface area contributed by atoms with Crippen LogP contribution in [0.3, 0.4) is 0 Å². The van der Waals surface area contributed by atoms with Gasteiger partial charge in [0.1, 0.15) is 5.76 Å². The fourth-order valence-electron chi connectivity index (χ4n) is 3.74. The highest BCUT2D eigenvalue weighted by Gasteiger charge is 2.40. The van der Waals surface area contributed by atoms with Gasteiger partial charge in [0, 0.05) is 32.4 Å². The Bertz CT molecular complexity index is 886. The molecule has 2 aliphatic heterocycles. The number of aromatic nitrogens is 3. The lowest BCUT2D eigenvalue weighted by Gasteiger charge is -2.37. The summed E-state index contributed by atoms with van der Waals surface area (Å²) < 4.78 is 17.8. The van der Waals surface area contributed by atoms with Gasteiger partial charge in [-0.25, -0.2) is 4.68 Å². The van der Waals surface area contributed by atoms with Crippen molar-refractivity contribution in [2.45, 2.75) is 45.4 Å². The molecule has 26 heavy (non-hydrogen) atoms. The maximum atomic E-state index is 12.5. The van der Waals surface area contributed by atoms with Crippen LogP contribution in [-0.4, -0.2) is 57.8 Å². The number of likely N-dealkylation sites (tertiary alicyclic amines) is 1. The van der Waals surface area contributed by atoms with E-state index in [1.165, 1.54) is 4.68 Å². The van der Waals surface area contributed by atoms with E-state index in [0.29, 0.717) is 56.0 Å². The van der Waals surface area contributed by atoms with E-state index in [2.05, 4.69) is 10.3 Å². The van der Waals surface area contributed by atoms with Crippen LogP contribution >= 0.6 is 0 Å². The molecule has 1 spiro atoms. The molecule has 2 aromatic heterocycles. The number of amides is 1. The van der Waals surface area contributed by atoms with Gasteiger partial charge in [-0.2, -0.15) is 5.10 Å². The third kappa shape index (κ3) is 2.90. The van der Waals surface area contributed by atoms with Crippen LogP contribution in [0.15, 0.2) is 9.32 Å². The molecule has 9 heteroatoms. The van der Waals surface area contributed by atoms with Crippen LogP contribution in [0.5, 0.6) is 0 Å². The molecule has 0 atom stereocenters. The van der Waals surface area contributed by atoms with E-state index < -0.39 is 5.79 Å². The Morgan fingerprint density at radius 1 is 1.19 bits per heavy atom. The van der Waals surface area contributed by atoms with Gasteiger partial charge in [-0.1, -0.05) is 5.16 Å². The maximum Gasteiger partial charge on any atom is 0.296 e. The average Bonchev–Trinajstić information content (AvgIpc) is 3.25. The summed E-state index contributed by atoms with van der Waals surface area (Å²) in [5, 5.41) is 8.78. The quantitative estimate of drug-likeness (QED) is 0.794. The highest BCUT2D eigenvalue weighted by molar-refractivity contribution is 5.81. The smallest absolute Gasteiger partial charge is 0.296 e. The van der Waals surface area contributed by atoms with Gasteiger partial charge in [0.25, 0.3) is 5.56 Å². The van der Waals surface area contributed by atoms with Crippen molar-refractivity contribution in [3.8, 4) is 0 Å². The minimum absolute atomic E-state index is 0.000584. The SMILES string of the molecule is Cc1nn(CCC(=O)N2CCC3(CC2)OCCO3)c(=O)c2noc(C)c12. The molecular weight excluding hydrogens is 340 g/mol. The maximum absolute atomic E-state index is 12.5. The molecule has 0 N–H and O–H groups in total. The largest absolute Gasteiger partial charge is 0.360 e. The van der Waals surface area contributed by atoms with Crippen molar-refractivity contribution in [1.82, 2.24) is 19.8 Å². The van der Waals surface area contributed by atoms with Crippen molar-refractivity contribution >= 4 is 16.8 Å². The van der Waals surface area contributed by atoms with E-state index >= 15 is 0 Å². The van der Waals surface area contributed by atoms with E-state index in [9.17, 15) is 9.59 Å². The Labute approximate surface area is 149 Å². The van der Waals surface area contributed by atoms with Crippen LogP contribution in [0, 0.1) is 13.8 Å². The van der Waals surface area contributed by atoms with Crippen LogP contribution < -0.4 is 5.56 Å². The van der Waals surface area contributed by atoms with E-state index in [1.54, 1.807) is 18.7 Å². The Kier molecular flexibility index (Phi) is 4.28. The zero-order valence-electron chi connectivity index (χ0n) is 15.0. The first-order valence-corrected chi connectivity index (χ1v) is 8.88. The monoisotopic (exact) mass is 362 g/mol. The molecule has 140 valence electrons. The molecule has 0 radical (unpaired) electrons. The van der Waals surface area contributed by atoms with Gasteiger partial charge in [-0.3, -0.25) is 9.59 Å². The molecule has 2 fully saturated rings. The second-order valence-corrected chi connectivity index (χ2v) is 6.81. The van der Waals surface area contributed by atoms with Gasteiger partial charge >= 0.3 is 0 Å². The number of fused-ring (bicyclic) bond motifs is 1. The third-order valence-electron chi connectivity index (χ3n) is 5.16. The summed E-state index contributed by atoms with van der Waals surface area (Å²) in [4.78, 5) is 26.8. The number of hydrogen-bond donors (Lipinski definition) is 0. The summed E-state index contributed by atoms with van der Waals surface area (Å²) in [6.07, 6.45) is 1.57. The number of rotatable bonds is 3. The molecule has 1 amide bonds. The molecule has 4 heterocycles. The second-order valence-electron chi connectivity index (χ2n) is 6.81. The van der Waals surface area contributed by atoms with Crippen LogP contribution in [0.4, 0.5) is 0 Å². The number of carbonyl (C=O) groups is 1. The number of hydrogen-bond acceptors (Lipinski definition) is 7. The van der Waals surface area contributed by atoms with Gasteiger partial charge in [-0.15, -0.1) is 0 Å². The van der Waals surface area contributed by atoms with Crippen molar-refractivity contribution in [2.75, 3.05) is 26.3 Å². The molecular formula is C17H22N4O5. The van der Waals surface area contributed by atoms with Crippen LogP contribution in [-0.2, 0) is 20.8 Å². The van der Waals surface area contributed by atoms with Gasteiger partial charge in [0.15, 0.2) is 11.3 Å². The highest BCUT2D eigenvalue weighted by Crippen LogP contribution is 2.31. The Balaban J connectivity index is 1.41. The zero-order chi connectivity index (χ0) is 18.3. The number of carbonyl (C=O) groups excluding carboxylic acids is 1. The lowest BCUT2D eigenvalue weighted by molar-refractivity contribution is -0.187. The van der Waals surface area contributed by atoms with Gasteiger partial charge in [0.05, 0.1) is 30.8 Å². The number of aryl methyl sites for hydroxylation is 3. The summed E-state index contributed by atoms with van der Waals surface area (Å²) >= 11 is 0. The molecule has 0 unspecified atom stereocenters. The summed E-state index contributed by atoms with van der Waals surface area (Å²) in [5.74, 6) is 0.0759. The van der Waals surface area contributed by atoms with Crippen molar-refractivity contribution in [1.29, 1.82) is 0 Å². The first kappa shape index (κ1) is 17.2. The summed E-state index contributed by atoms with van der Waals surface area (Å²) in [7, 11) is 0. The van der Waals surface area contributed by atoms with Gasteiger partial charge in [0.2, 0.25) is 5.91 Å². The first-order valence-electron chi connectivity index (χ1n) is 8.88. The lowest BCUT2D eigenvalue weighted by atomic mass is 10.0. The van der Waals surface area contributed by atoms with E-state index in [0.717, 1.165) is 0 Å². The minimum atomic E-state index is -0.498. The number of nitrogens with zero attached hydrogens (tertiary/aromatic N) is 4. The highest BCUT2D eigenvalue weighted by atomic mass is 16.7. The Morgan fingerprint density at radius 3 is 2.58 bits per heavy atom. The second kappa shape index (κ2) is 6.48. The van der Waals surface area contributed by atoms with Crippen molar-refractivity contribution < 1.29 is 18.8 Å². The molecule has 0 aliphatic carbocycles. The fraction of sp³-hybridized carbons (Fsp3) is 0.647. The topological polar surface area (TPSA) is 99.7 Å². The van der Waals surface area contributed by atoms with Crippen molar-refractivity contribution in [2.24, 2.45) is 0 Å². The molecule has 9 nitrogen and oxygen atoms in total. The minimum Gasteiger partial charge on any atom is -0.360 e. The summed E-state index contributed by atoms with van der Waals surface area (Å²) in [5.41, 5.74) is 0.597. The van der Waals surface area contributed by atoms with Crippen LogP contribution in [0.1, 0.15) is 30.7 Å². The first-order chi connectivity index (χ1) is 12.5. The van der Waals surface area contributed by atoms with Crippen molar-refractivity contribution in [3.05, 3.63) is 21.8 Å². The molecule has 2 aromatic rings. The third-order valence-corrected chi connectivity index (χ3v) is 5.16. The molecule has 0 aromatic carbocycles. The van der Waals surface area contributed by atoms with E-state index in [-0.39, 0.29) is 29.9 Å². The van der Waals surface area contributed by atoms with Crippen molar-refractivity contribution in [3.63, 3.8) is 0 Å². The average molecular weight is 362 g/mol. The Morgan fingerprint density at radius 2 is 1.88 bits per heavy atom. The standard InChI is InChI=1S/C17H22N4O5/c1-11-14-12(2)26-19-15(14)16(23)21(18-11)6-3-13(22)20-7-4-17(5-8-20)24-9-10-25-17/h3-10H2,1-2H3. The molecule has 2 aliphatic rings. The van der Waals surface area contributed by atoms with Gasteiger partial charge in [-0.05, 0) is 13.8 Å². The fourth-order valence-corrected chi connectivity index (χ4v) is 3.74. The number of piperidine rings is 1. The predicted octanol–water partition coefficient (Wildman–Crippen LogP) is 0.757. The molecule has 4 rings (SSSR count). The van der Waals surface area contributed by atoms with Crippen LogP contribution in [0.2, 0.25) is 0 Å². The van der Waals surface area contributed by atoms with E-state index in [4.69, 9.17) is 14.0 Å². The summed E-state index contributed by atoms with van der Waals surface area (Å²) in [6.45, 7) is 6.20. The normalized spacial score (nSPS) is 19.5. The molecule has 0 saturated carbocycles. The Hall–Kier alpha value is -2.26. The molecule has 0 bridgehead atoms. The summed E-state index contributed by atoms with van der Waals surface area (Å²) in [6, 6.07) is 0. The lowest BCUT2D eigenvalue weighted by Crippen LogP contribution is -2.47. The van der Waals surface area contributed by atoms with Crippen LogP contribution in [0.25, 0.3) is 10.9 Å². The zero-order valence-corrected chi connectivity index (χ0v) is 15.0. The predicted molar refractivity (Wildman–Crippen MR) is 90.6 cm³/mol. The van der Waals surface area contributed by atoms with E-state index in [1.807, 2.05) is 0 Å². The number of ether oxygens (including phenoxy) is 2. The molecule has 2 saturated heterocycles. The van der Waals surface area contributed by atoms with Gasteiger partial charge < -0.3 is 18.9 Å².